The van der Waals surface area contributed by atoms with Crippen molar-refractivity contribution in [3.05, 3.63) is 66.7 Å². The molecule has 2 aliphatic carbocycles. The van der Waals surface area contributed by atoms with Crippen LogP contribution in [0.15, 0.2) is 66.7 Å². The number of amides is 1. The standard InChI is InChI=1S/C31H35N3O/c35-31(32-24-16-5-2-6-17-24)29(23-13-3-1-4-14-23)34-28-21-10-9-20-27(28)33-30(34)26-19-11-15-22-12-7-8-18-25(22)26/h7-12,15,18-21,23-24,29H,1-6,13-14,16-17H2,(H,32,35). The smallest absolute Gasteiger partial charge is 0.243 e. The van der Waals surface area contributed by atoms with Crippen molar-refractivity contribution in [1.29, 1.82) is 0 Å². The van der Waals surface area contributed by atoms with Gasteiger partial charge < -0.3 is 9.88 Å². The Labute approximate surface area is 207 Å². The van der Waals surface area contributed by atoms with Gasteiger partial charge in [0.1, 0.15) is 11.9 Å². The normalized spacial score (nSPS) is 18.6. The number of imidazole rings is 1. The molecule has 2 fully saturated rings. The molecule has 1 aromatic heterocycles. The number of aromatic nitrogens is 2. The summed E-state index contributed by atoms with van der Waals surface area (Å²) in [5.74, 6) is 1.43. The molecule has 1 atom stereocenters. The fourth-order valence-electron chi connectivity index (χ4n) is 6.46. The minimum Gasteiger partial charge on any atom is -0.352 e. The first-order valence-corrected chi connectivity index (χ1v) is 13.5. The van der Waals surface area contributed by atoms with E-state index >= 15 is 0 Å². The quantitative estimate of drug-likeness (QED) is 0.333. The second kappa shape index (κ2) is 9.85. The Morgan fingerprint density at radius 1 is 0.800 bits per heavy atom. The van der Waals surface area contributed by atoms with Crippen LogP contribution in [0.4, 0.5) is 0 Å². The molecule has 0 aliphatic heterocycles. The van der Waals surface area contributed by atoms with Crippen LogP contribution >= 0.6 is 0 Å². The van der Waals surface area contributed by atoms with Crippen LogP contribution in [-0.2, 0) is 4.79 Å². The molecule has 0 saturated heterocycles. The van der Waals surface area contributed by atoms with Gasteiger partial charge in [-0.3, -0.25) is 4.79 Å². The summed E-state index contributed by atoms with van der Waals surface area (Å²) in [4.78, 5) is 19.3. The van der Waals surface area contributed by atoms with Gasteiger partial charge in [-0.25, -0.2) is 4.98 Å². The Morgan fingerprint density at radius 3 is 2.31 bits per heavy atom. The zero-order valence-corrected chi connectivity index (χ0v) is 20.5. The number of carbonyl (C=O) groups excluding carboxylic acids is 1. The van der Waals surface area contributed by atoms with Crippen molar-refractivity contribution in [3.8, 4) is 11.4 Å². The van der Waals surface area contributed by atoms with Crippen molar-refractivity contribution < 1.29 is 4.79 Å². The monoisotopic (exact) mass is 465 g/mol. The van der Waals surface area contributed by atoms with E-state index in [-0.39, 0.29) is 11.9 Å². The lowest BCUT2D eigenvalue weighted by atomic mass is 9.82. The van der Waals surface area contributed by atoms with Gasteiger partial charge in [0.15, 0.2) is 0 Å². The number of hydrogen-bond donors (Lipinski definition) is 1. The number of nitrogens with one attached hydrogen (secondary N) is 1. The third kappa shape index (κ3) is 4.35. The number of para-hydroxylation sites is 2. The molecule has 1 heterocycles. The topological polar surface area (TPSA) is 46.9 Å². The molecule has 1 N–H and O–H groups in total. The van der Waals surface area contributed by atoms with Crippen molar-refractivity contribution >= 4 is 27.7 Å². The summed E-state index contributed by atoms with van der Waals surface area (Å²) in [5.41, 5.74) is 3.12. The molecule has 4 aromatic rings. The van der Waals surface area contributed by atoms with E-state index in [0.29, 0.717) is 12.0 Å². The zero-order chi connectivity index (χ0) is 23.6. The second-order valence-electron chi connectivity index (χ2n) is 10.5. The largest absolute Gasteiger partial charge is 0.352 e. The third-order valence-corrected chi connectivity index (χ3v) is 8.22. The van der Waals surface area contributed by atoms with Gasteiger partial charge in [0, 0.05) is 11.6 Å². The van der Waals surface area contributed by atoms with Crippen molar-refractivity contribution in [2.75, 3.05) is 0 Å². The molecule has 3 aromatic carbocycles. The molecule has 4 nitrogen and oxygen atoms in total. The Morgan fingerprint density at radius 2 is 1.49 bits per heavy atom. The van der Waals surface area contributed by atoms with Crippen LogP contribution < -0.4 is 5.32 Å². The molecular formula is C31H35N3O. The van der Waals surface area contributed by atoms with Gasteiger partial charge in [0.25, 0.3) is 0 Å². The first kappa shape index (κ1) is 22.3. The number of nitrogens with zero attached hydrogens (tertiary/aromatic N) is 2. The van der Waals surface area contributed by atoms with Crippen LogP contribution in [0.3, 0.4) is 0 Å². The molecule has 2 aliphatic rings. The fraction of sp³-hybridized carbons (Fsp3) is 0.419. The maximum atomic E-state index is 14.1. The lowest BCUT2D eigenvalue weighted by molar-refractivity contribution is -0.127. The van der Waals surface area contributed by atoms with Crippen LogP contribution in [0.2, 0.25) is 0 Å². The Hall–Kier alpha value is -3.14. The first-order valence-electron chi connectivity index (χ1n) is 13.5. The van der Waals surface area contributed by atoms with Crippen molar-refractivity contribution in [2.45, 2.75) is 76.3 Å². The van der Waals surface area contributed by atoms with E-state index in [1.807, 2.05) is 6.07 Å². The minimum atomic E-state index is -0.237. The van der Waals surface area contributed by atoms with Gasteiger partial charge >= 0.3 is 0 Å². The lowest BCUT2D eigenvalue weighted by Gasteiger charge is -2.34. The van der Waals surface area contributed by atoms with Gasteiger partial charge in [-0.15, -0.1) is 0 Å². The molecule has 0 spiro atoms. The molecule has 4 heteroatoms. The number of benzene rings is 3. The van der Waals surface area contributed by atoms with Crippen molar-refractivity contribution in [3.63, 3.8) is 0 Å². The summed E-state index contributed by atoms with van der Waals surface area (Å²) in [6.45, 7) is 0. The highest BCUT2D eigenvalue weighted by molar-refractivity contribution is 5.97. The molecule has 180 valence electrons. The molecule has 0 bridgehead atoms. The molecule has 6 rings (SSSR count). The summed E-state index contributed by atoms with van der Waals surface area (Å²) in [6.07, 6.45) is 11.8. The molecule has 1 unspecified atom stereocenters. The van der Waals surface area contributed by atoms with Crippen molar-refractivity contribution in [1.82, 2.24) is 14.9 Å². The van der Waals surface area contributed by atoms with Crippen LogP contribution in [0.1, 0.15) is 70.3 Å². The van der Waals surface area contributed by atoms with Crippen LogP contribution in [0.25, 0.3) is 33.2 Å². The molecule has 1 amide bonds. The van der Waals surface area contributed by atoms with E-state index < -0.39 is 0 Å². The SMILES string of the molecule is O=C(NC1CCCCC1)C(C1CCCCC1)n1c(-c2cccc3ccccc23)nc2ccccc21. The average molecular weight is 466 g/mol. The summed E-state index contributed by atoms with van der Waals surface area (Å²) in [5, 5.41) is 5.88. The summed E-state index contributed by atoms with van der Waals surface area (Å²) in [6, 6.07) is 23.3. The van der Waals surface area contributed by atoms with E-state index in [1.165, 1.54) is 49.3 Å². The lowest BCUT2D eigenvalue weighted by Crippen LogP contribution is -2.43. The first-order chi connectivity index (χ1) is 17.3. The molecule has 35 heavy (non-hydrogen) atoms. The van der Waals surface area contributed by atoms with E-state index in [2.05, 4.69) is 70.5 Å². The second-order valence-corrected chi connectivity index (χ2v) is 10.5. The highest BCUT2D eigenvalue weighted by Crippen LogP contribution is 2.40. The van der Waals surface area contributed by atoms with Gasteiger partial charge in [0.2, 0.25) is 5.91 Å². The maximum absolute atomic E-state index is 14.1. The summed E-state index contributed by atoms with van der Waals surface area (Å²) >= 11 is 0. The predicted molar refractivity (Wildman–Crippen MR) is 143 cm³/mol. The summed E-state index contributed by atoms with van der Waals surface area (Å²) < 4.78 is 2.30. The maximum Gasteiger partial charge on any atom is 0.243 e. The molecular weight excluding hydrogens is 430 g/mol. The van der Waals surface area contributed by atoms with Gasteiger partial charge in [-0.05, 0) is 54.5 Å². The Balaban J connectivity index is 1.52. The van der Waals surface area contributed by atoms with E-state index in [9.17, 15) is 4.79 Å². The van der Waals surface area contributed by atoms with Gasteiger partial charge in [0.05, 0.1) is 11.0 Å². The third-order valence-electron chi connectivity index (χ3n) is 8.22. The van der Waals surface area contributed by atoms with E-state index in [4.69, 9.17) is 4.98 Å². The highest BCUT2D eigenvalue weighted by atomic mass is 16.2. The van der Waals surface area contributed by atoms with Crippen LogP contribution in [-0.4, -0.2) is 21.5 Å². The predicted octanol–water partition coefficient (Wildman–Crippen LogP) is 7.43. The summed E-state index contributed by atoms with van der Waals surface area (Å²) in [7, 11) is 0. The Kier molecular flexibility index (Phi) is 6.28. The number of carbonyl (C=O) groups is 1. The highest BCUT2D eigenvalue weighted by Gasteiger charge is 2.35. The van der Waals surface area contributed by atoms with Gasteiger partial charge in [-0.2, -0.15) is 0 Å². The Bertz CT molecular complexity index is 1320. The van der Waals surface area contributed by atoms with Crippen LogP contribution in [0, 0.1) is 5.92 Å². The zero-order valence-electron chi connectivity index (χ0n) is 20.5. The van der Waals surface area contributed by atoms with Gasteiger partial charge in [-0.1, -0.05) is 93.1 Å². The van der Waals surface area contributed by atoms with Crippen LogP contribution in [0.5, 0.6) is 0 Å². The number of hydrogen-bond acceptors (Lipinski definition) is 2. The van der Waals surface area contributed by atoms with E-state index in [0.717, 1.165) is 48.1 Å². The number of fused-ring (bicyclic) bond motifs is 2. The molecule has 2 saturated carbocycles. The molecule has 0 radical (unpaired) electrons. The minimum absolute atomic E-state index is 0.188. The average Bonchev–Trinajstić information content (AvgIpc) is 3.29. The number of rotatable bonds is 5. The van der Waals surface area contributed by atoms with Crippen molar-refractivity contribution in [2.24, 2.45) is 5.92 Å². The fourth-order valence-corrected chi connectivity index (χ4v) is 6.46. The van der Waals surface area contributed by atoms with E-state index in [1.54, 1.807) is 0 Å².